The van der Waals surface area contributed by atoms with E-state index in [9.17, 15) is 18.4 Å². The Bertz CT molecular complexity index is 1390. The molecule has 0 bridgehead atoms. The summed E-state index contributed by atoms with van der Waals surface area (Å²) in [4.78, 5) is 26.2. The number of rotatable bonds is 8. The topological polar surface area (TPSA) is 88.1 Å². The van der Waals surface area contributed by atoms with Gasteiger partial charge in [-0.1, -0.05) is 48.3 Å². The van der Waals surface area contributed by atoms with E-state index in [2.05, 4.69) is 10.2 Å². The van der Waals surface area contributed by atoms with Crippen molar-refractivity contribution in [2.75, 3.05) is 30.4 Å². The molecule has 7 nitrogen and oxygen atoms in total. The monoisotopic (exact) mass is 564 g/mol. The fraction of sp³-hybridized carbons (Fsp3) is 0.259. The highest BCUT2D eigenvalue weighted by Crippen LogP contribution is 2.39. The van der Waals surface area contributed by atoms with Crippen molar-refractivity contribution < 1.29 is 33.0 Å². The van der Waals surface area contributed by atoms with Crippen molar-refractivity contribution in [2.24, 2.45) is 0 Å². The number of nitrogens with one attached hydrogen (secondary N) is 1. The molecule has 0 radical (unpaired) electrons. The number of carboxylic acids is 1. The van der Waals surface area contributed by atoms with Crippen LogP contribution in [0, 0.1) is 0 Å². The maximum Gasteiger partial charge on any atom is 0.379 e. The van der Waals surface area contributed by atoms with Gasteiger partial charge in [0.25, 0.3) is 5.91 Å². The molecular weight excluding hydrogens is 541 g/mol. The van der Waals surface area contributed by atoms with Crippen LogP contribution in [0.1, 0.15) is 28.4 Å². The van der Waals surface area contributed by atoms with Gasteiger partial charge in [0.15, 0.2) is 0 Å². The number of hydrogen-bond donors (Lipinski definition) is 2. The van der Waals surface area contributed by atoms with E-state index in [0.29, 0.717) is 12.3 Å². The Morgan fingerprint density at radius 3 is 2.58 bits per heavy atom. The first-order valence-electron chi connectivity index (χ1n) is 11.7. The summed E-state index contributed by atoms with van der Waals surface area (Å²) in [6.07, 6.45) is -0.236. The van der Waals surface area contributed by atoms with Crippen LogP contribution in [0.5, 0.6) is 11.5 Å². The summed E-state index contributed by atoms with van der Waals surface area (Å²) >= 11 is 12.5. The zero-order valence-electron chi connectivity index (χ0n) is 20.4. The Labute approximate surface area is 227 Å². The zero-order chi connectivity index (χ0) is 27.6. The molecule has 1 heterocycles. The van der Waals surface area contributed by atoms with Crippen molar-refractivity contribution >= 4 is 46.5 Å². The third-order valence-corrected chi connectivity index (χ3v) is 6.76. The molecule has 2 N–H and O–H groups in total. The second-order valence-corrected chi connectivity index (χ2v) is 9.49. The van der Waals surface area contributed by atoms with E-state index in [0.717, 1.165) is 23.6 Å². The lowest BCUT2D eigenvalue weighted by atomic mass is 9.97. The van der Waals surface area contributed by atoms with Gasteiger partial charge in [0.2, 0.25) is 0 Å². The van der Waals surface area contributed by atoms with Gasteiger partial charge in [0.05, 0.1) is 33.5 Å². The lowest BCUT2D eigenvalue weighted by Crippen LogP contribution is -2.41. The van der Waals surface area contributed by atoms with E-state index in [4.69, 9.17) is 37.8 Å². The van der Waals surface area contributed by atoms with Gasteiger partial charge in [-0.2, -0.15) is 8.78 Å². The lowest BCUT2D eigenvalue weighted by molar-refractivity contribution is -0.166. The first-order chi connectivity index (χ1) is 18.0. The molecule has 3 aromatic rings. The van der Waals surface area contributed by atoms with Crippen molar-refractivity contribution in [1.82, 2.24) is 0 Å². The minimum Gasteiger partial charge on any atom is -0.490 e. The summed E-state index contributed by atoms with van der Waals surface area (Å²) in [5.41, 5.74) is 0.0993. The quantitative estimate of drug-likeness (QED) is 0.335. The summed E-state index contributed by atoms with van der Waals surface area (Å²) in [6.45, 7) is 2.40. The van der Waals surface area contributed by atoms with Crippen molar-refractivity contribution in [3.05, 3.63) is 81.3 Å². The van der Waals surface area contributed by atoms with Gasteiger partial charge < -0.3 is 24.8 Å². The lowest BCUT2D eigenvalue weighted by Gasteiger charge is -2.33. The molecule has 0 spiro atoms. The molecule has 0 fully saturated rings. The molecule has 0 saturated heterocycles. The van der Waals surface area contributed by atoms with Crippen molar-refractivity contribution in [3.8, 4) is 11.5 Å². The summed E-state index contributed by atoms with van der Waals surface area (Å²) in [7, 11) is 1.97. The van der Waals surface area contributed by atoms with E-state index < -0.39 is 23.4 Å². The Balaban J connectivity index is 1.48. The molecule has 0 aromatic heterocycles. The second kappa shape index (κ2) is 11.0. The number of alkyl halides is 2. The number of anilines is 2. The zero-order valence-corrected chi connectivity index (χ0v) is 21.9. The molecule has 0 aliphatic carbocycles. The van der Waals surface area contributed by atoms with E-state index in [1.807, 2.05) is 31.3 Å². The number of halogens is 4. The van der Waals surface area contributed by atoms with E-state index in [1.165, 1.54) is 12.1 Å². The van der Waals surface area contributed by atoms with E-state index in [1.54, 1.807) is 13.0 Å². The number of carbonyl (C=O) groups is 2. The average Bonchev–Trinajstić information content (AvgIpc) is 2.88. The van der Waals surface area contributed by atoms with Gasteiger partial charge in [0.1, 0.15) is 24.2 Å². The molecule has 3 aromatic carbocycles. The number of ether oxygens (including phenoxy) is 2. The van der Waals surface area contributed by atoms with Crippen LogP contribution in [-0.4, -0.2) is 43.3 Å². The number of nitrogens with zero attached hydrogens (tertiary/aromatic N) is 1. The van der Waals surface area contributed by atoms with Crippen molar-refractivity contribution in [3.63, 3.8) is 0 Å². The molecule has 200 valence electrons. The van der Waals surface area contributed by atoms with Crippen LogP contribution < -0.4 is 19.7 Å². The van der Waals surface area contributed by atoms with Gasteiger partial charge in [-0.15, -0.1) is 0 Å². The van der Waals surface area contributed by atoms with Gasteiger partial charge in [-0.3, -0.25) is 4.79 Å². The fourth-order valence-electron chi connectivity index (χ4n) is 4.25. The maximum absolute atomic E-state index is 14.3. The molecule has 11 heteroatoms. The third-order valence-electron chi connectivity index (χ3n) is 6.13. The standard InChI is InChI=1S/C27H24Cl2F2N2O5/c1-3-17-19(27(30,31)26(35)36)10-11-20(28)24(17)32-25(34)18-9-8-15(12-21(18)29)37-14-16-13-33(2)22-6-4-5-7-23(22)38-16/h4-12,16H,3,13-14H2,1-2H3,(H,32,34)(H,35,36)/t16-/m0/s1. The van der Waals surface area contributed by atoms with E-state index in [-0.39, 0.29) is 46.0 Å². The number of amides is 1. The third kappa shape index (κ3) is 5.49. The maximum atomic E-state index is 14.3. The largest absolute Gasteiger partial charge is 0.490 e. The molecular formula is C27H24Cl2F2N2O5. The van der Waals surface area contributed by atoms with Crippen LogP contribution in [0.15, 0.2) is 54.6 Å². The molecule has 4 rings (SSSR count). The molecule has 1 atom stereocenters. The normalized spacial score (nSPS) is 14.9. The highest BCUT2D eigenvalue weighted by molar-refractivity contribution is 6.36. The molecule has 1 aliphatic rings. The minimum absolute atomic E-state index is 0.00219. The minimum atomic E-state index is -4.16. The summed E-state index contributed by atoms with van der Waals surface area (Å²) in [5.74, 6) is -6.00. The average molecular weight is 565 g/mol. The molecule has 1 amide bonds. The SMILES string of the molecule is CCc1c(C(F)(F)C(=O)O)ccc(Cl)c1NC(=O)c1ccc(OC[C@@H]2CN(C)c3ccccc3O2)cc1Cl. The Morgan fingerprint density at radius 1 is 1.16 bits per heavy atom. The Morgan fingerprint density at radius 2 is 1.89 bits per heavy atom. The highest BCUT2D eigenvalue weighted by Gasteiger charge is 2.43. The molecule has 1 aliphatic heterocycles. The Hall–Kier alpha value is -3.56. The number of carboxylic acid groups (broad SMARTS) is 1. The number of hydrogen-bond acceptors (Lipinski definition) is 5. The number of fused-ring (bicyclic) bond motifs is 1. The van der Waals surface area contributed by atoms with Crippen LogP contribution >= 0.6 is 23.2 Å². The van der Waals surface area contributed by atoms with Crippen LogP contribution in [0.3, 0.4) is 0 Å². The first-order valence-corrected chi connectivity index (χ1v) is 12.4. The second-order valence-electron chi connectivity index (χ2n) is 8.68. The Kier molecular flexibility index (Phi) is 7.99. The number of aliphatic carboxylic acids is 1. The van der Waals surface area contributed by atoms with Crippen LogP contribution in [0.4, 0.5) is 20.2 Å². The van der Waals surface area contributed by atoms with Crippen LogP contribution in [0.25, 0.3) is 0 Å². The number of para-hydroxylation sites is 2. The van der Waals surface area contributed by atoms with Crippen molar-refractivity contribution in [2.45, 2.75) is 25.4 Å². The summed E-state index contributed by atoms with van der Waals surface area (Å²) in [5, 5.41) is 11.5. The van der Waals surface area contributed by atoms with Gasteiger partial charge >= 0.3 is 11.9 Å². The number of benzene rings is 3. The van der Waals surface area contributed by atoms with Gasteiger partial charge in [-0.05, 0) is 48.4 Å². The number of likely N-dealkylation sites (N-methyl/N-ethyl adjacent to an activating group) is 1. The molecule has 38 heavy (non-hydrogen) atoms. The van der Waals surface area contributed by atoms with Crippen LogP contribution in [0.2, 0.25) is 10.0 Å². The molecule has 0 saturated carbocycles. The fourth-order valence-corrected chi connectivity index (χ4v) is 4.73. The van der Waals surface area contributed by atoms with Crippen molar-refractivity contribution in [1.29, 1.82) is 0 Å². The van der Waals surface area contributed by atoms with E-state index >= 15 is 0 Å². The predicted octanol–water partition coefficient (Wildman–Crippen LogP) is 6.26. The first kappa shape index (κ1) is 27.5. The summed E-state index contributed by atoms with van der Waals surface area (Å²) < 4.78 is 40.5. The number of carbonyl (C=O) groups excluding carboxylic acids is 1. The molecule has 0 unspecified atom stereocenters. The van der Waals surface area contributed by atoms with Gasteiger partial charge in [0, 0.05) is 12.6 Å². The van der Waals surface area contributed by atoms with Gasteiger partial charge in [-0.25, -0.2) is 4.79 Å². The predicted molar refractivity (Wildman–Crippen MR) is 141 cm³/mol. The van der Waals surface area contributed by atoms with Crippen LogP contribution in [-0.2, 0) is 17.1 Å². The highest BCUT2D eigenvalue weighted by atomic mass is 35.5. The summed E-state index contributed by atoms with van der Waals surface area (Å²) in [6, 6.07) is 14.2. The smallest absolute Gasteiger partial charge is 0.379 e.